The first kappa shape index (κ1) is 13.7. The molecule has 19 heavy (non-hydrogen) atoms. The average Bonchev–Trinajstić information content (AvgIpc) is 2.78. The maximum absolute atomic E-state index is 11.8. The molecule has 0 aliphatic rings. The van der Waals surface area contributed by atoms with Crippen LogP contribution in [0.1, 0.15) is 21.7 Å². The Morgan fingerprint density at radius 1 is 1.26 bits per heavy atom. The van der Waals surface area contributed by atoms with Gasteiger partial charge < -0.3 is 5.32 Å². The molecule has 0 radical (unpaired) electrons. The highest BCUT2D eigenvalue weighted by Gasteiger charge is 2.05. The molecule has 0 saturated carbocycles. The van der Waals surface area contributed by atoms with E-state index in [2.05, 4.69) is 10.3 Å². The zero-order chi connectivity index (χ0) is 13.7. The fourth-order valence-electron chi connectivity index (χ4n) is 1.84. The number of hydrogen-bond donors (Lipinski definition) is 1. The summed E-state index contributed by atoms with van der Waals surface area (Å²) in [6, 6.07) is 8.07. The number of carbonyl (C=O) groups is 1. The lowest BCUT2D eigenvalue weighted by Crippen LogP contribution is -2.27. The molecule has 1 heterocycles. The second-order valence-corrected chi connectivity index (χ2v) is 5.56. The standard InChI is InChI=1S/C15H18N2OS/c1-11-3-5-13(6-4-11)9-15(18)16-8-7-14-12(2)17-10-19-14/h3-6,10H,7-9H2,1-2H3,(H,16,18). The van der Waals surface area contributed by atoms with Crippen molar-refractivity contribution < 1.29 is 4.79 Å². The van der Waals surface area contributed by atoms with Gasteiger partial charge in [0.25, 0.3) is 0 Å². The highest BCUT2D eigenvalue weighted by molar-refractivity contribution is 7.09. The molecule has 1 amide bonds. The van der Waals surface area contributed by atoms with Crippen LogP contribution >= 0.6 is 11.3 Å². The van der Waals surface area contributed by atoms with Gasteiger partial charge in [-0.05, 0) is 19.4 Å². The van der Waals surface area contributed by atoms with Crippen molar-refractivity contribution in [3.63, 3.8) is 0 Å². The van der Waals surface area contributed by atoms with Crippen LogP contribution in [0, 0.1) is 13.8 Å². The SMILES string of the molecule is Cc1ccc(CC(=O)NCCc2scnc2C)cc1. The van der Waals surface area contributed by atoms with E-state index in [1.54, 1.807) is 11.3 Å². The normalized spacial score (nSPS) is 10.4. The van der Waals surface area contributed by atoms with Crippen molar-refractivity contribution in [2.24, 2.45) is 0 Å². The van der Waals surface area contributed by atoms with Crippen LogP contribution in [-0.4, -0.2) is 17.4 Å². The molecular formula is C15H18N2OS. The molecule has 2 rings (SSSR count). The Labute approximate surface area is 117 Å². The molecule has 2 aromatic rings. The van der Waals surface area contributed by atoms with Gasteiger partial charge in [-0.25, -0.2) is 4.98 Å². The third kappa shape index (κ3) is 4.17. The van der Waals surface area contributed by atoms with Crippen molar-refractivity contribution >= 4 is 17.2 Å². The van der Waals surface area contributed by atoms with E-state index in [0.717, 1.165) is 17.7 Å². The van der Waals surface area contributed by atoms with Crippen LogP contribution in [0.25, 0.3) is 0 Å². The van der Waals surface area contributed by atoms with Crippen molar-refractivity contribution in [2.45, 2.75) is 26.7 Å². The van der Waals surface area contributed by atoms with Gasteiger partial charge in [-0.2, -0.15) is 0 Å². The predicted octanol–water partition coefficient (Wildman–Crippen LogP) is 2.66. The van der Waals surface area contributed by atoms with Gasteiger partial charge in [-0.3, -0.25) is 4.79 Å². The lowest BCUT2D eigenvalue weighted by molar-refractivity contribution is -0.120. The lowest BCUT2D eigenvalue weighted by atomic mass is 10.1. The number of rotatable bonds is 5. The Morgan fingerprint density at radius 3 is 2.63 bits per heavy atom. The Morgan fingerprint density at radius 2 is 2.00 bits per heavy atom. The molecule has 0 aliphatic heterocycles. The van der Waals surface area contributed by atoms with Crippen LogP contribution in [0.3, 0.4) is 0 Å². The summed E-state index contributed by atoms with van der Waals surface area (Å²) in [4.78, 5) is 17.2. The fraction of sp³-hybridized carbons (Fsp3) is 0.333. The maximum Gasteiger partial charge on any atom is 0.224 e. The third-order valence-corrected chi connectivity index (χ3v) is 4.00. The third-order valence-electron chi connectivity index (χ3n) is 3.00. The van der Waals surface area contributed by atoms with Gasteiger partial charge in [0.15, 0.2) is 0 Å². The minimum atomic E-state index is 0.0750. The molecule has 1 aromatic carbocycles. The zero-order valence-electron chi connectivity index (χ0n) is 11.3. The minimum absolute atomic E-state index is 0.0750. The number of aromatic nitrogens is 1. The number of carbonyl (C=O) groups excluding carboxylic acids is 1. The molecule has 0 atom stereocenters. The van der Waals surface area contributed by atoms with Gasteiger partial charge in [0, 0.05) is 17.8 Å². The summed E-state index contributed by atoms with van der Waals surface area (Å²) in [5.74, 6) is 0.0750. The second-order valence-electron chi connectivity index (χ2n) is 4.62. The highest BCUT2D eigenvalue weighted by Crippen LogP contribution is 2.12. The van der Waals surface area contributed by atoms with E-state index in [1.807, 2.05) is 43.6 Å². The van der Waals surface area contributed by atoms with Gasteiger partial charge in [-0.15, -0.1) is 11.3 Å². The van der Waals surface area contributed by atoms with Gasteiger partial charge in [0.2, 0.25) is 5.91 Å². The summed E-state index contributed by atoms with van der Waals surface area (Å²) in [7, 11) is 0. The number of amides is 1. The van der Waals surface area contributed by atoms with Gasteiger partial charge in [0.1, 0.15) is 0 Å². The van der Waals surface area contributed by atoms with E-state index >= 15 is 0 Å². The van der Waals surface area contributed by atoms with Crippen LogP contribution in [0.4, 0.5) is 0 Å². The first-order valence-corrected chi connectivity index (χ1v) is 7.24. The van der Waals surface area contributed by atoms with Gasteiger partial charge >= 0.3 is 0 Å². The van der Waals surface area contributed by atoms with Crippen LogP contribution in [0.15, 0.2) is 29.8 Å². The van der Waals surface area contributed by atoms with Crippen LogP contribution in [0.5, 0.6) is 0 Å². The first-order chi connectivity index (χ1) is 9.15. The van der Waals surface area contributed by atoms with Crippen molar-refractivity contribution in [3.8, 4) is 0 Å². The highest BCUT2D eigenvalue weighted by atomic mass is 32.1. The second kappa shape index (κ2) is 6.48. The number of benzene rings is 1. The summed E-state index contributed by atoms with van der Waals surface area (Å²) in [5.41, 5.74) is 5.18. The summed E-state index contributed by atoms with van der Waals surface area (Å²) < 4.78 is 0. The molecule has 100 valence electrons. The van der Waals surface area contributed by atoms with Crippen molar-refractivity contribution in [2.75, 3.05) is 6.54 Å². The number of hydrogen-bond acceptors (Lipinski definition) is 3. The number of nitrogens with zero attached hydrogens (tertiary/aromatic N) is 1. The molecule has 0 bridgehead atoms. The molecule has 0 saturated heterocycles. The monoisotopic (exact) mass is 274 g/mol. The van der Waals surface area contributed by atoms with E-state index < -0.39 is 0 Å². The Balaban J connectivity index is 1.76. The van der Waals surface area contributed by atoms with Crippen LogP contribution in [0.2, 0.25) is 0 Å². The quantitative estimate of drug-likeness (QED) is 0.910. The summed E-state index contributed by atoms with van der Waals surface area (Å²) in [6.45, 7) is 4.72. The lowest BCUT2D eigenvalue weighted by Gasteiger charge is -2.05. The fourth-order valence-corrected chi connectivity index (χ4v) is 2.62. The van der Waals surface area contributed by atoms with Gasteiger partial charge in [0.05, 0.1) is 17.6 Å². The molecule has 4 heteroatoms. The average molecular weight is 274 g/mol. The maximum atomic E-state index is 11.8. The molecule has 3 nitrogen and oxygen atoms in total. The van der Waals surface area contributed by atoms with Crippen LogP contribution in [-0.2, 0) is 17.6 Å². The molecular weight excluding hydrogens is 256 g/mol. The predicted molar refractivity (Wildman–Crippen MR) is 78.4 cm³/mol. The van der Waals surface area contributed by atoms with Crippen LogP contribution < -0.4 is 5.32 Å². The smallest absolute Gasteiger partial charge is 0.224 e. The summed E-state index contributed by atoms with van der Waals surface area (Å²) >= 11 is 1.64. The van der Waals surface area contributed by atoms with Crippen molar-refractivity contribution in [3.05, 3.63) is 51.5 Å². The minimum Gasteiger partial charge on any atom is -0.355 e. The van der Waals surface area contributed by atoms with Crippen molar-refractivity contribution in [1.29, 1.82) is 0 Å². The van der Waals surface area contributed by atoms with Gasteiger partial charge in [-0.1, -0.05) is 29.8 Å². The molecule has 0 unspecified atom stereocenters. The molecule has 1 N–H and O–H groups in total. The number of thiazole rings is 1. The Hall–Kier alpha value is -1.68. The summed E-state index contributed by atoms with van der Waals surface area (Å²) in [5, 5.41) is 2.95. The molecule has 0 spiro atoms. The number of aryl methyl sites for hydroxylation is 2. The Bertz CT molecular complexity index is 546. The van der Waals surface area contributed by atoms with E-state index in [1.165, 1.54) is 10.4 Å². The first-order valence-electron chi connectivity index (χ1n) is 6.36. The number of nitrogens with one attached hydrogen (secondary N) is 1. The largest absolute Gasteiger partial charge is 0.355 e. The zero-order valence-corrected chi connectivity index (χ0v) is 12.1. The molecule has 0 fully saturated rings. The Kier molecular flexibility index (Phi) is 4.68. The topological polar surface area (TPSA) is 42.0 Å². The van der Waals surface area contributed by atoms with E-state index in [4.69, 9.17) is 0 Å². The van der Waals surface area contributed by atoms with Crippen molar-refractivity contribution in [1.82, 2.24) is 10.3 Å². The van der Waals surface area contributed by atoms with E-state index in [0.29, 0.717) is 13.0 Å². The van der Waals surface area contributed by atoms with E-state index in [9.17, 15) is 4.79 Å². The summed E-state index contributed by atoms with van der Waals surface area (Å²) in [6.07, 6.45) is 1.30. The molecule has 0 aliphatic carbocycles. The van der Waals surface area contributed by atoms with E-state index in [-0.39, 0.29) is 5.91 Å². The molecule has 1 aromatic heterocycles.